The lowest BCUT2D eigenvalue weighted by Crippen LogP contribution is -2.39. The van der Waals surface area contributed by atoms with E-state index in [0.717, 1.165) is 40.2 Å². The number of aliphatic hydroxyl groups is 1. The average molecular weight is 445 g/mol. The largest absolute Gasteiger partial charge is 0.395 e. The number of rotatable bonds is 7. The Balaban J connectivity index is 1.68. The molecular formula is C20H25BrN6O. The molecule has 0 aromatic carbocycles. The molecular weight excluding hydrogens is 420 g/mol. The van der Waals surface area contributed by atoms with Gasteiger partial charge in [-0.3, -0.25) is 4.98 Å². The summed E-state index contributed by atoms with van der Waals surface area (Å²) in [6.45, 7) is 1.34. The maximum Gasteiger partial charge on any atom is 0.173 e. The van der Waals surface area contributed by atoms with Crippen LogP contribution in [0.4, 0.5) is 11.6 Å². The normalized spacial score (nSPS) is 15.1. The Kier molecular flexibility index (Phi) is 6.07. The summed E-state index contributed by atoms with van der Waals surface area (Å²) in [5.74, 6) is 1.75. The first-order valence-corrected chi connectivity index (χ1v) is 10.6. The number of pyridine rings is 1. The summed E-state index contributed by atoms with van der Waals surface area (Å²) in [5, 5.41) is 17.6. The van der Waals surface area contributed by atoms with Crippen LogP contribution in [0, 0.1) is 0 Å². The Hall–Kier alpha value is -2.19. The Morgan fingerprint density at radius 3 is 2.86 bits per heavy atom. The van der Waals surface area contributed by atoms with Gasteiger partial charge in [-0.1, -0.05) is 25.3 Å². The highest BCUT2D eigenvalue weighted by molar-refractivity contribution is 9.10. The van der Waals surface area contributed by atoms with Crippen molar-refractivity contribution in [3.8, 4) is 0 Å². The summed E-state index contributed by atoms with van der Waals surface area (Å²) >= 11 is 3.56. The van der Waals surface area contributed by atoms with E-state index in [1.165, 1.54) is 19.3 Å². The van der Waals surface area contributed by atoms with Gasteiger partial charge < -0.3 is 15.3 Å². The van der Waals surface area contributed by atoms with Gasteiger partial charge in [-0.05, 0) is 40.4 Å². The highest BCUT2D eigenvalue weighted by Gasteiger charge is 2.23. The molecule has 0 atom stereocenters. The summed E-state index contributed by atoms with van der Waals surface area (Å²) in [7, 11) is 0. The zero-order valence-corrected chi connectivity index (χ0v) is 17.3. The van der Waals surface area contributed by atoms with Crippen molar-refractivity contribution in [2.45, 2.75) is 44.7 Å². The average Bonchev–Trinajstić information content (AvgIpc) is 3.12. The fourth-order valence-corrected chi connectivity index (χ4v) is 4.22. The van der Waals surface area contributed by atoms with E-state index in [2.05, 4.69) is 36.2 Å². The monoisotopic (exact) mass is 444 g/mol. The minimum absolute atomic E-state index is 0.113. The molecule has 0 spiro atoms. The second-order valence-corrected chi connectivity index (χ2v) is 8.01. The van der Waals surface area contributed by atoms with Crippen LogP contribution in [0.15, 0.2) is 41.3 Å². The maximum atomic E-state index is 9.66. The van der Waals surface area contributed by atoms with Crippen LogP contribution in [0.25, 0.3) is 5.65 Å². The predicted octanol–water partition coefficient (Wildman–Crippen LogP) is 3.63. The molecule has 28 heavy (non-hydrogen) atoms. The van der Waals surface area contributed by atoms with Gasteiger partial charge in [-0.15, -0.1) is 0 Å². The van der Waals surface area contributed by atoms with E-state index in [9.17, 15) is 5.11 Å². The smallest absolute Gasteiger partial charge is 0.173 e. The lowest BCUT2D eigenvalue weighted by molar-refractivity contribution is 0.289. The van der Waals surface area contributed by atoms with Crippen molar-refractivity contribution < 1.29 is 5.11 Å². The van der Waals surface area contributed by atoms with Crippen molar-refractivity contribution in [3.05, 3.63) is 46.8 Å². The molecule has 0 amide bonds. The highest BCUT2D eigenvalue weighted by atomic mass is 79.9. The van der Waals surface area contributed by atoms with E-state index in [0.29, 0.717) is 19.1 Å². The zero-order valence-electron chi connectivity index (χ0n) is 15.8. The summed E-state index contributed by atoms with van der Waals surface area (Å²) in [5.41, 5.74) is 1.87. The van der Waals surface area contributed by atoms with Crippen molar-refractivity contribution >= 4 is 33.2 Å². The van der Waals surface area contributed by atoms with Gasteiger partial charge in [-0.25, -0.2) is 4.98 Å². The highest BCUT2D eigenvalue weighted by Crippen LogP contribution is 2.30. The topological polar surface area (TPSA) is 78.6 Å². The first-order valence-electron chi connectivity index (χ1n) is 9.81. The second kappa shape index (κ2) is 8.87. The first kappa shape index (κ1) is 19.1. The molecule has 1 saturated carbocycles. The zero-order chi connectivity index (χ0) is 19.3. The van der Waals surface area contributed by atoms with Gasteiger partial charge in [0.05, 0.1) is 17.3 Å². The lowest BCUT2D eigenvalue weighted by Gasteiger charge is -2.35. The Morgan fingerprint density at radius 1 is 1.25 bits per heavy atom. The molecule has 1 aliphatic carbocycles. The van der Waals surface area contributed by atoms with Crippen LogP contribution in [-0.4, -0.2) is 43.9 Å². The number of fused-ring (bicyclic) bond motifs is 1. The van der Waals surface area contributed by atoms with E-state index < -0.39 is 0 Å². The second-order valence-electron chi connectivity index (χ2n) is 7.15. The van der Waals surface area contributed by atoms with Crippen molar-refractivity contribution in [1.29, 1.82) is 0 Å². The Bertz CT molecular complexity index is 910. The van der Waals surface area contributed by atoms with Crippen LogP contribution in [0.2, 0.25) is 0 Å². The molecule has 0 saturated heterocycles. The van der Waals surface area contributed by atoms with E-state index in [1.54, 1.807) is 12.4 Å². The van der Waals surface area contributed by atoms with Gasteiger partial charge >= 0.3 is 0 Å². The third-order valence-electron chi connectivity index (χ3n) is 5.26. The minimum atomic E-state index is 0.113. The molecule has 1 fully saturated rings. The molecule has 3 aromatic rings. The Morgan fingerprint density at radius 2 is 2.11 bits per heavy atom. The van der Waals surface area contributed by atoms with Crippen LogP contribution in [0.5, 0.6) is 0 Å². The number of hydrogen-bond acceptors (Lipinski definition) is 6. The van der Waals surface area contributed by atoms with E-state index in [-0.39, 0.29) is 6.61 Å². The number of nitrogens with one attached hydrogen (secondary N) is 1. The van der Waals surface area contributed by atoms with Crippen molar-refractivity contribution in [3.63, 3.8) is 0 Å². The molecule has 1 aliphatic rings. The number of nitrogens with zero attached hydrogens (tertiary/aromatic N) is 5. The third-order valence-corrected chi connectivity index (χ3v) is 5.82. The van der Waals surface area contributed by atoms with Crippen molar-refractivity contribution in [1.82, 2.24) is 19.6 Å². The molecule has 8 heteroatoms. The van der Waals surface area contributed by atoms with Gasteiger partial charge in [0.1, 0.15) is 11.6 Å². The first-order chi connectivity index (χ1) is 13.8. The molecule has 2 N–H and O–H groups in total. The van der Waals surface area contributed by atoms with Crippen LogP contribution in [0.1, 0.15) is 37.7 Å². The number of aromatic nitrogens is 4. The molecule has 3 heterocycles. The molecule has 3 aromatic heterocycles. The summed E-state index contributed by atoms with van der Waals surface area (Å²) in [6.07, 6.45) is 11.4. The standard InChI is InChI=1S/C20H25BrN6O/c21-17-14-24-27-18(23-13-15-5-4-8-22-12-15)11-19(25-20(17)27)26(9-10-28)16-6-2-1-3-7-16/h4-5,8,11-12,14,16,23,28H,1-3,6-7,9-10,13H2. The van der Waals surface area contributed by atoms with Crippen molar-refractivity contribution in [2.24, 2.45) is 0 Å². The van der Waals surface area contributed by atoms with E-state index in [4.69, 9.17) is 4.98 Å². The third kappa shape index (κ3) is 4.12. The lowest BCUT2D eigenvalue weighted by atomic mass is 9.94. The summed E-state index contributed by atoms with van der Waals surface area (Å²) in [4.78, 5) is 11.3. The van der Waals surface area contributed by atoms with E-state index >= 15 is 0 Å². The quantitative estimate of drug-likeness (QED) is 0.579. The van der Waals surface area contributed by atoms with Gasteiger partial charge in [0, 0.05) is 37.6 Å². The summed E-state index contributed by atoms with van der Waals surface area (Å²) < 4.78 is 2.66. The molecule has 7 nitrogen and oxygen atoms in total. The van der Waals surface area contributed by atoms with Crippen LogP contribution >= 0.6 is 15.9 Å². The Labute approximate surface area is 172 Å². The fraction of sp³-hybridized carbons (Fsp3) is 0.450. The number of hydrogen-bond donors (Lipinski definition) is 2. The van der Waals surface area contributed by atoms with Crippen LogP contribution in [0.3, 0.4) is 0 Å². The summed E-state index contributed by atoms with van der Waals surface area (Å²) in [6, 6.07) is 6.43. The SMILES string of the molecule is OCCN(c1cc(NCc2cccnc2)n2ncc(Br)c2n1)C1CCCCC1. The predicted molar refractivity (Wildman–Crippen MR) is 114 cm³/mol. The van der Waals surface area contributed by atoms with Gasteiger partial charge in [-0.2, -0.15) is 9.61 Å². The maximum absolute atomic E-state index is 9.66. The number of halogens is 1. The minimum Gasteiger partial charge on any atom is -0.395 e. The molecule has 0 aliphatic heterocycles. The fourth-order valence-electron chi connectivity index (χ4n) is 3.88. The molecule has 4 rings (SSSR count). The molecule has 0 bridgehead atoms. The number of aliphatic hydroxyl groups excluding tert-OH is 1. The molecule has 0 radical (unpaired) electrons. The number of anilines is 2. The van der Waals surface area contributed by atoms with E-state index in [1.807, 2.05) is 28.9 Å². The van der Waals surface area contributed by atoms with Gasteiger partial charge in [0.15, 0.2) is 5.65 Å². The van der Waals surface area contributed by atoms with Crippen molar-refractivity contribution in [2.75, 3.05) is 23.4 Å². The van der Waals surface area contributed by atoms with Crippen LogP contribution in [-0.2, 0) is 6.54 Å². The molecule has 148 valence electrons. The van der Waals surface area contributed by atoms with Gasteiger partial charge in [0.25, 0.3) is 0 Å². The van der Waals surface area contributed by atoms with Crippen LogP contribution < -0.4 is 10.2 Å². The molecule has 0 unspecified atom stereocenters. The van der Waals surface area contributed by atoms with Gasteiger partial charge in [0.2, 0.25) is 0 Å².